The summed E-state index contributed by atoms with van der Waals surface area (Å²) in [6.07, 6.45) is 0. The third-order valence-electron chi connectivity index (χ3n) is 2.26. The lowest BCUT2D eigenvalue weighted by Gasteiger charge is -1.95. The highest BCUT2D eigenvalue weighted by Crippen LogP contribution is 2.26. The molecule has 1 heteroatoms. The lowest BCUT2D eigenvalue weighted by Crippen LogP contribution is -1.84. The van der Waals surface area contributed by atoms with Crippen LogP contribution in [0.5, 0.6) is 0 Å². The van der Waals surface area contributed by atoms with Crippen molar-refractivity contribution >= 4 is 21.8 Å². The van der Waals surface area contributed by atoms with Gasteiger partial charge in [-0.1, -0.05) is 36.3 Å². The molecule has 0 unspecified atom stereocenters. The maximum atomic E-state index is 8.06. The highest BCUT2D eigenvalue weighted by atomic mass is 14.9. The minimum atomic E-state index is -0.419. The van der Waals surface area contributed by atoms with Crippen molar-refractivity contribution in [2.24, 2.45) is 7.05 Å². The van der Waals surface area contributed by atoms with E-state index in [1.54, 1.807) is 0 Å². The molecule has 0 aliphatic rings. The number of aryl methyl sites for hydroxylation is 1. The molecule has 68 valence electrons. The molecule has 0 amide bonds. The van der Waals surface area contributed by atoms with Crippen molar-refractivity contribution in [3.63, 3.8) is 0 Å². The second-order valence-corrected chi connectivity index (χ2v) is 3.01. The third-order valence-corrected chi connectivity index (χ3v) is 2.26. The number of fused-ring (bicyclic) bond motifs is 3. The van der Waals surface area contributed by atoms with Crippen molar-refractivity contribution in [2.45, 2.75) is 0 Å². The van der Waals surface area contributed by atoms with Crippen LogP contribution in [-0.2, 0) is 7.05 Å². The zero-order valence-electron chi connectivity index (χ0n) is 15.4. The maximum absolute atomic E-state index is 8.06. The fraction of sp³-hybridized carbons (Fsp3) is 0.0769. The number of rotatable bonds is 0. The van der Waals surface area contributed by atoms with Crippen molar-refractivity contribution in [3.05, 3.63) is 48.3 Å². The van der Waals surface area contributed by atoms with Gasteiger partial charge in [-0.3, -0.25) is 0 Å². The van der Waals surface area contributed by atoms with Crippen LogP contribution in [0, 0.1) is 0 Å². The predicted octanol–water partition coefficient (Wildman–Crippen LogP) is 3.33. The zero-order chi connectivity index (χ0) is 16.5. The Morgan fingerprint density at radius 3 is 1.79 bits per heavy atom. The molecule has 0 saturated heterocycles. The number of hydrogen-bond donors (Lipinski definition) is 0. The standard InChI is InChI=1S/C13H11N/c1-14-12-8-4-2-6-10(12)11-7-3-5-9-13(11)14/h2-9H,1H3/i2D,3D,4D,5D,6D,7D,8D,9D. The molecule has 1 aromatic heterocycles. The monoisotopic (exact) mass is 189 g/mol. The fourth-order valence-corrected chi connectivity index (χ4v) is 1.59. The molecule has 0 aliphatic carbocycles. The van der Waals surface area contributed by atoms with E-state index in [0.717, 1.165) is 0 Å². The highest BCUT2D eigenvalue weighted by molar-refractivity contribution is 6.07. The Bertz CT molecular complexity index is 895. The molecule has 1 heterocycles. The van der Waals surface area contributed by atoms with Crippen molar-refractivity contribution in [1.82, 2.24) is 4.57 Å². The Balaban J connectivity index is 2.81. The van der Waals surface area contributed by atoms with Crippen LogP contribution in [0.15, 0.2) is 48.3 Å². The van der Waals surface area contributed by atoms with E-state index in [2.05, 4.69) is 0 Å². The van der Waals surface area contributed by atoms with Gasteiger partial charge in [0.1, 0.15) is 0 Å². The van der Waals surface area contributed by atoms with E-state index in [9.17, 15) is 0 Å². The second kappa shape index (κ2) is 2.61. The van der Waals surface area contributed by atoms with E-state index in [4.69, 9.17) is 11.0 Å². The van der Waals surface area contributed by atoms with Gasteiger partial charge in [0, 0.05) is 28.9 Å². The van der Waals surface area contributed by atoms with E-state index < -0.39 is 24.2 Å². The summed E-state index contributed by atoms with van der Waals surface area (Å²) in [4.78, 5) is 0. The SMILES string of the molecule is [2H]c1c([2H])c([2H])c2c(c1[2H])c1c([2H])c([2H])c([2H])c([2H])c1n2C. The highest BCUT2D eigenvalue weighted by Gasteiger charge is 2.04. The molecule has 0 spiro atoms. The van der Waals surface area contributed by atoms with Gasteiger partial charge in [-0.2, -0.15) is 0 Å². The van der Waals surface area contributed by atoms with Gasteiger partial charge in [0.25, 0.3) is 0 Å². The number of hydrogen-bond acceptors (Lipinski definition) is 0. The van der Waals surface area contributed by atoms with Crippen LogP contribution >= 0.6 is 0 Å². The Morgan fingerprint density at radius 1 is 0.857 bits per heavy atom. The predicted molar refractivity (Wildman–Crippen MR) is 60.4 cm³/mol. The number of nitrogens with zero attached hydrogens (tertiary/aromatic N) is 1. The second-order valence-electron chi connectivity index (χ2n) is 3.01. The molecule has 3 aromatic rings. The minimum absolute atomic E-state index is 0.121. The van der Waals surface area contributed by atoms with Gasteiger partial charge in [-0.05, 0) is 12.1 Å². The summed E-state index contributed by atoms with van der Waals surface area (Å²) in [5, 5.41) is 0.242. The molecule has 0 N–H and O–H groups in total. The van der Waals surface area contributed by atoms with Crippen LogP contribution < -0.4 is 0 Å². The average Bonchev–Trinajstić information content (AvgIpc) is 2.80. The normalized spacial score (nSPS) is 19.2. The summed E-state index contributed by atoms with van der Waals surface area (Å²) in [6.45, 7) is 0. The van der Waals surface area contributed by atoms with Crippen LogP contribution in [-0.4, -0.2) is 4.57 Å². The van der Waals surface area contributed by atoms with Gasteiger partial charge in [-0.25, -0.2) is 0 Å². The lowest BCUT2D eigenvalue weighted by molar-refractivity contribution is 1.01. The van der Waals surface area contributed by atoms with Crippen LogP contribution in [0.2, 0.25) is 0 Å². The largest absolute Gasteiger partial charge is 0.344 e. The summed E-state index contributed by atoms with van der Waals surface area (Å²) >= 11 is 0. The molecule has 0 atom stereocenters. The molecule has 3 rings (SSSR count). The van der Waals surface area contributed by atoms with Crippen LogP contribution in [0.3, 0.4) is 0 Å². The van der Waals surface area contributed by atoms with Crippen molar-refractivity contribution in [2.75, 3.05) is 0 Å². The van der Waals surface area contributed by atoms with E-state index in [1.165, 1.54) is 11.6 Å². The summed E-state index contributed by atoms with van der Waals surface area (Å²) in [6, 6.07) is -2.73. The first-order chi connectivity index (χ1) is 10.2. The average molecular weight is 189 g/mol. The molecule has 14 heavy (non-hydrogen) atoms. The van der Waals surface area contributed by atoms with Crippen LogP contribution in [0.1, 0.15) is 11.0 Å². The first-order valence-corrected chi connectivity index (χ1v) is 4.14. The zero-order valence-corrected chi connectivity index (χ0v) is 7.45. The molecule has 0 aliphatic heterocycles. The van der Waals surface area contributed by atoms with Crippen molar-refractivity contribution in [3.8, 4) is 0 Å². The Hall–Kier alpha value is -1.76. The minimum Gasteiger partial charge on any atom is -0.344 e. The smallest absolute Gasteiger partial charge is 0.0645 e. The van der Waals surface area contributed by atoms with E-state index in [1.807, 2.05) is 0 Å². The van der Waals surface area contributed by atoms with Crippen LogP contribution in [0.25, 0.3) is 21.8 Å². The summed E-state index contributed by atoms with van der Waals surface area (Å²) in [5.74, 6) is 0. The molecule has 0 saturated carbocycles. The van der Waals surface area contributed by atoms with E-state index in [-0.39, 0.29) is 46.0 Å². The van der Waals surface area contributed by atoms with Crippen LogP contribution in [0.4, 0.5) is 0 Å². The van der Waals surface area contributed by atoms with Crippen molar-refractivity contribution < 1.29 is 11.0 Å². The van der Waals surface area contributed by atoms with Gasteiger partial charge in [0.05, 0.1) is 11.0 Å². The van der Waals surface area contributed by atoms with E-state index >= 15 is 0 Å². The summed E-state index contributed by atoms with van der Waals surface area (Å²) < 4.78 is 64.6. The maximum Gasteiger partial charge on any atom is 0.0645 e. The summed E-state index contributed by atoms with van der Waals surface area (Å²) in [7, 11) is 1.53. The topological polar surface area (TPSA) is 4.93 Å². The van der Waals surface area contributed by atoms with Gasteiger partial charge in [0.15, 0.2) is 0 Å². The van der Waals surface area contributed by atoms with E-state index in [0.29, 0.717) is 0 Å². The molecule has 0 radical (unpaired) electrons. The Kier molecular flexibility index (Phi) is 0.583. The van der Waals surface area contributed by atoms with Crippen molar-refractivity contribution in [1.29, 1.82) is 0 Å². The Labute approximate surface area is 93.8 Å². The third kappa shape index (κ3) is 0.841. The first-order valence-electron chi connectivity index (χ1n) is 8.14. The van der Waals surface area contributed by atoms with Gasteiger partial charge < -0.3 is 4.57 Å². The van der Waals surface area contributed by atoms with Gasteiger partial charge in [-0.15, -0.1) is 0 Å². The first kappa shape index (κ1) is 3.13. The number of aromatic nitrogens is 1. The fourth-order valence-electron chi connectivity index (χ4n) is 1.59. The number of benzene rings is 2. The molecule has 2 aromatic carbocycles. The Morgan fingerprint density at radius 2 is 1.29 bits per heavy atom. The summed E-state index contributed by atoms with van der Waals surface area (Å²) in [5.41, 5.74) is 0.348. The van der Waals surface area contributed by atoms with Gasteiger partial charge in [0.2, 0.25) is 0 Å². The number of para-hydroxylation sites is 2. The molecular weight excluding hydrogens is 170 g/mol. The molecule has 0 bridgehead atoms. The molecule has 0 fully saturated rings. The lowest BCUT2D eigenvalue weighted by atomic mass is 10.2. The van der Waals surface area contributed by atoms with Gasteiger partial charge >= 0.3 is 0 Å². The quantitative estimate of drug-likeness (QED) is 0.511. The molecular formula is C13H11N. The molecule has 1 nitrogen and oxygen atoms in total.